The lowest BCUT2D eigenvalue weighted by atomic mass is 9.65. The van der Waals surface area contributed by atoms with Gasteiger partial charge in [0, 0.05) is 5.02 Å². The summed E-state index contributed by atoms with van der Waals surface area (Å²) in [6.45, 7) is 0. The van der Waals surface area contributed by atoms with Gasteiger partial charge in [0.25, 0.3) is 0 Å². The van der Waals surface area contributed by atoms with Gasteiger partial charge >= 0.3 is 5.97 Å². The molecule has 1 aromatic carbocycles. The van der Waals surface area contributed by atoms with Crippen LogP contribution in [0.25, 0.3) is 0 Å². The second-order valence-electron chi connectivity index (χ2n) is 4.43. The molecule has 0 heterocycles. The van der Waals surface area contributed by atoms with E-state index in [0.29, 0.717) is 0 Å². The highest BCUT2D eigenvalue weighted by Crippen LogP contribution is 2.44. The molecule has 1 aliphatic rings. The van der Waals surface area contributed by atoms with Crippen LogP contribution in [0.1, 0.15) is 24.8 Å². The largest absolute Gasteiger partial charge is 0.469 e. The van der Waals surface area contributed by atoms with Crippen LogP contribution in [0.5, 0.6) is 0 Å². The molecule has 86 valence electrons. The molecule has 0 atom stereocenters. The van der Waals surface area contributed by atoms with Gasteiger partial charge in [-0.2, -0.15) is 0 Å². The molecule has 0 amide bonds. The normalized spacial score (nSPS) is 17.6. The summed E-state index contributed by atoms with van der Waals surface area (Å²) in [5.74, 6) is -0.0753. The van der Waals surface area contributed by atoms with E-state index >= 15 is 0 Å². The Morgan fingerprint density at radius 1 is 1.38 bits per heavy atom. The van der Waals surface area contributed by atoms with Crippen LogP contribution < -0.4 is 0 Å². The van der Waals surface area contributed by atoms with E-state index in [1.807, 2.05) is 24.3 Å². The van der Waals surface area contributed by atoms with Gasteiger partial charge < -0.3 is 4.74 Å². The Morgan fingerprint density at radius 2 is 2.00 bits per heavy atom. The zero-order chi connectivity index (χ0) is 11.6. The first kappa shape index (κ1) is 11.5. The number of benzene rings is 1. The van der Waals surface area contributed by atoms with E-state index < -0.39 is 0 Å². The number of carbonyl (C=O) groups excluding carboxylic acids is 1. The molecule has 1 fully saturated rings. The molecule has 0 saturated heterocycles. The summed E-state index contributed by atoms with van der Waals surface area (Å²) < 4.78 is 4.89. The molecule has 16 heavy (non-hydrogen) atoms. The summed E-state index contributed by atoms with van der Waals surface area (Å²) in [5.41, 5.74) is 0.872. The summed E-state index contributed by atoms with van der Waals surface area (Å²) in [5, 5.41) is 0.726. The number of carbonyl (C=O) groups is 1. The number of ether oxygens (including phenoxy) is 1. The number of esters is 1. The topological polar surface area (TPSA) is 26.3 Å². The molecule has 0 N–H and O–H groups in total. The zero-order valence-electron chi connectivity index (χ0n) is 9.33. The van der Waals surface area contributed by atoms with Gasteiger partial charge in [0.1, 0.15) is 0 Å². The molecule has 1 saturated carbocycles. The van der Waals surface area contributed by atoms with Gasteiger partial charge in [-0.1, -0.05) is 30.2 Å². The monoisotopic (exact) mass is 238 g/mol. The van der Waals surface area contributed by atoms with Crippen LogP contribution in [0, 0.1) is 5.41 Å². The van der Waals surface area contributed by atoms with Gasteiger partial charge in [0.05, 0.1) is 12.5 Å². The van der Waals surface area contributed by atoms with Crippen molar-refractivity contribution in [1.82, 2.24) is 0 Å². The third kappa shape index (κ3) is 2.07. The fraction of sp³-hybridized carbons (Fsp3) is 0.462. The minimum atomic E-state index is -0.275. The average Bonchev–Trinajstić information content (AvgIpc) is 2.25. The van der Waals surface area contributed by atoms with Crippen molar-refractivity contribution in [1.29, 1.82) is 0 Å². The lowest BCUT2D eigenvalue weighted by Gasteiger charge is -2.39. The van der Waals surface area contributed by atoms with Crippen LogP contribution in [-0.4, -0.2) is 13.1 Å². The summed E-state index contributed by atoms with van der Waals surface area (Å²) in [7, 11) is 1.46. The highest BCUT2D eigenvalue weighted by Gasteiger charge is 2.45. The maximum absolute atomic E-state index is 11.7. The van der Waals surface area contributed by atoms with E-state index in [1.165, 1.54) is 7.11 Å². The Morgan fingerprint density at radius 3 is 2.44 bits per heavy atom. The molecule has 1 aliphatic carbocycles. The minimum Gasteiger partial charge on any atom is -0.469 e. The zero-order valence-corrected chi connectivity index (χ0v) is 10.1. The van der Waals surface area contributed by atoms with Crippen LogP contribution in [0.2, 0.25) is 5.02 Å². The van der Waals surface area contributed by atoms with Crippen molar-refractivity contribution in [3.63, 3.8) is 0 Å². The first-order valence-electron chi connectivity index (χ1n) is 5.49. The van der Waals surface area contributed by atoms with Crippen molar-refractivity contribution in [3.05, 3.63) is 34.9 Å². The molecule has 0 aromatic heterocycles. The van der Waals surface area contributed by atoms with E-state index in [4.69, 9.17) is 16.3 Å². The average molecular weight is 239 g/mol. The van der Waals surface area contributed by atoms with E-state index in [9.17, 15) is 4.79 Å². The molecule has 0 radical (unpaired) electrons. The standard InChI is InChI=1S/C13H15ClO2/c1-16-12(15)13(7-2-8-13)9-10-3-5-11(14)6-4-10/h3-6H,2,7-9H2,1H3. The molecule has 3 heteroatoms. The molecule has 0 bridgehead atoms. The predicted molar refractivity (Wildman–Crippen MR) is 63.5 cm³/mol. The Hall–Kier alpha value is -1.02. The van der Waals surface area contributed by atoms with Gasteiger partial charge in [-0.25, -0.2) is 0 Å². The molecule has 0 unspecified atom stereocenters. The predicted octanol–water partition coefficient (Wildman–Crippen LogP) is 3.23. The van der Waals surface area contributed by atoms with E-state index in [0.717, 1.165) is 36.3 Å². The Balaban J connectivity index is 2.13. The summed E-state index contributed by atoms with van der Waals surface area (Å²) in [6, 6.07) is 7.68. The molecule has 0 spiro atoms. The Bertz CT molecular complexity index is 379. The SMILES string of the molecule is COC(=O)C1(Cc2ccc(Cl)cc2)CCC1. The van der Waals surface area contributed by atoms with Gasteiger partial charge in [0.2, 0.25) is 0 Å². The molecule has 1 aromatic rings. The highest BCUT2D eigenvalue weighted by molar-refractivity contribution is 6.30. The van der Waals surface area contributed by atoms with E-state index in [2.05, 4.69) is 0 Å². The van der Waals surface area contributed by atoms with Crippen LogP contribution >= 0.6 is 11.6 Å². The quantitative estimate of drug-likeness (QED) is 0.756. The van der Waals surface area contributed by atoms with Crippen LogP contribution in [0.4, 0.5) is 0 Å². The van der Waals surface area contributed by atoms with Crippen molar-refractivity contribution in [3.8, 4) is 0 Å². The third-order valence-electron chi connectivity index (χ3n) is 3.38. The van der Waals surface area contributed by atoms with Crippen molar-refractivity contribution in [2.75, 3.05) is 7.11 Å². The minimum absolute atomic E-state index is 0.0753. The smallest absolute Gasteiger partial charge is 0.312 e. The van der Waals surface area contributed by atoms with Crippen molar-refractivity contribution < 1.29 is 9.53 Å². The van der Waals surface area contributed by atoms with Crippen LogP contribution in [0.3, 0.4) is 0 Å². The van der Waals surface area contributed by atoms with Crippen molar-refractivity contribution in [2.24, 2.45) is 5.41 Å². The molecular formula is C13H15ClO2. The summed E-state index contributed by atoms with van der Waals surface area (Å²) in [6.07, 6.45) is 3.74. The molecule has 2 rings (SSSR count). The molecule has 2 nitrogen and oxygen atoms in total. The highest BCUT2D eigenvalue weighted by atomic mass is 35.5. The maximum atomic E-state index is 11.7. The Kier molecular flexibility index (Phi) is 3.20. The summed E-state index contributed by atoms with van der Waals surface area (Å²) in [4.78, 5) is 11.7. The van der Waals surface area contributed by atoms with Gasteiger partial charge in [-0.15, -0.1) is 0 Å². The number of rotatable bonds is 3. The first-order chi connectivity index (χ1) is 7.66. The third-order valence-corrected chi connectivity index (χ3v) is 3.64. The fourth-order valence-corrected chi connectivity index (χ4v) is 2.39. The molecule has 0 aliphatic heterocycles. The van der Waals surface area contributed by atoms with Gasteiger partial charge in [-0.05, 0) is 37.0 Å². The van der Waals surface area contributed by atoms with Crippen molar-refractivity contribution in [2.45, 2.75) is 25.7 Å². The number of halogens is 1. The van der Waals surface area contributed by atoms with Crippen molar-refractivity contribution >= 4 is 17.6 Å². The number of hydrogen-bond acceptors (Lipinski definition) is 2. The molecular weight excluding hydrogens is 224 g/mol. The van der Waals surface area contributed by atoms with Gasteiger partial charge in [-0.3, -0.25) is 4.79 Å². The van der Waals surface area contributed by atoms with Gasteiger partial charge in [0.15, 0.2) is 0 Å². The van der Waals surface area contributed by atoms with E-state index in [1.54, 1.807) is 0 Å². The lowest BCUT2D eigenvalue weighted by Crippen LogP contribution is -2.40. The maximum Gasteiger partial charge on any atom is 0.312 e. The number of hydrogen-bond donors (Lipinski definition) is 0. The Labute approximate surface area is 101 Å². The second kappa shape index (κ2) is 4.46. The van der Waals surface area contributed by atoms with Crippen LogP contribution in [0.15, 0.2) is 24.3 Å². The van der Waals surface area contributed by atoms with Crippen LogP contribution in [-0.2, 0) is 16.0 Å². The fourth-order valence-electron chi connectivity index (χ4n) is 2.27. The van der Waals surface area contributed by atoms with E-state index in [-0.39, 0.29) is 11.4 Å². The second-order valence-corrected chi connectivity index (χ2v) is 4.87. The first-order valence-corrected chi connectivity index (χ1v) is 5.87. The number of methoxy groups -OCH3 is 1. The lowest BCUT2D eigenvalue weighted by molar-refractivity contribution is -0.158. The summed E-state index contributed by atoms with van der Waals surface area (Å²) >= 11 is 5.83.